The third kappa shape index (κ3) is 2.20. The average Bonchev–Trinajstić information content (AvgIpc) is 2.51. The van der Waals surface area contributed by atoms with Gasteiger partial charge in [0.05, 0.1) is 0 Å². The molecule has 2 heteroatoms. The van der Waals surface area contributed by atoms with Gasteiger partial charge < -0.3 is 0 Å². The zero-order valence-electron chi connectivity index (χ0n) is 7.81. The molecule has 2 rings (SSSR count). The van der Waals surface area contributed by atoms with E-state index in [0.29, 0.717) is 0 Å². The molecule has 2 atom stereocenters. The van der Waals surface area contributed by atoms with E-state index in [-0.39, 0.29) is 0 Å². The minimum Gasteiger partial charge on any atom is -0.254 e. The van der Waals surface area contributed by atoms with E-state index >= 15 is 0 Å². The van der Waals surface area contributed by atoms with Crippen molar-refractivity contribution in [3.05, 3.63) is 0 Å². The predicted octanol–water partition coefficient (Wildman–Crippen LogP) is 1.97. The molecule has 12 heavy (non-hydrogen) atoms. The van der Waals surface area contributed by atoms with Crippen LogP contribution in [-0.4, -0.2) is 12.1 Å². The Bertz CT molecular complexity index is 122. The second-order valence-corrected chi connectivity index (χ2v) is 4.26. The van der Waals surface area contributed by atoms with Gasteiger partial charge in [0, 0.05) is 12.1 Å². The molecule has 1 aliphatic heterocycles. The molecule has 2 nitrogen and oxygen atoms in total. The zero-order valence-corrected chi connectivity index (χ0v) is 7.81. The maximum absolute atomic E-state index is 3.40. The van der Waals surface area contributed by atoms with Crippen LogP contribution in [0, 0.1) is 0 Å². The third-order valence-corrected chi connectivity index (χ3v) is 3.17. The Morgan fingerprint density at radius 2 is 1.17 bits per heavy atom. The van der Waals surface area contributed by atoms with Crippen molar-refractivity contribution in [3.8, 4) is 0 Å². The van der Waals surface area contributed by atoms with Gasteiger partial charge in [-0.05, 0) is 19.3 Å². The van der Waals surface area contributed by atoms with Gasteiger partial charge in [0.25, 0.3) is 0 Å². The number of fused-ring (bicyclic) bond motifs is 2. The smallest absolute Gasteiger partial charge is 0.0228 e. The monoisotopic (exact) mass is 168 g/mol. The molecule has 0 radical (unpaired) electrons. The Hall–Kier alpha value is -0.0800. The second kappa shape index (κ2) is 4.24. The van der Waals surface area contributed by atoms with Crippen molar-refractivity contribution in [2.24, 2.45) is 0 Å². The van der Waals surface area contributed by atoms with E-state index in [9.17, 15) is 0 Å². The molecule has 2 bridgehead atoms. The highest BCUT2D eigenvalue weighted by molar-refractivity contribution is 4.81. The maximum Gasteiger partial charge on any atom is 0.0228 e. The van der Waals surface area contributed by atoms with Gasteiger partial charge in [0.15, 0.2) is 0 Å². The number of hydrogen-bond acceptors (Lipinski definition) is 2. The average molecular weight is 168 g/mol. The molecule has 2 unspecified atom stereocenters. The Morgan fingerprint density at radius 3 is 1.75 bits per heavy atom. The molecular weight excluding hydrogens is 148 g/mol. The number of hydrazine groups is 1. The summed E-state index contributed by atoms with van der Waals surface area (Å²) in [5.41, 5.74) is 6.81. The predicted molar refractivity (Wildman–Crippen MR) is 50.8 cm³/mol. The van der Waals surface area contributed by atoms with E-state index in [4.69, 9.17) is 0 Å². The van der Waals surface area contributed by atoms with Crippen molar-refractivity contribution in [2.75, 3.05) is 0 Å². The van der Waals surface area contributed by atoms with E-state index in [1.54, 1.807) is 0 Å². The first-order chi connectivity index (χ1) is 5.95. The van der Waals surface area contributed by atoms with Gasteiger partial charge in [-0.2, -0.15) is 0 Å². The Labute approximate surface area is 75.1 Å². The van der Waals surface area contributed by atoms with Gasteiger partial charge in [-0.1, -0.05) is 32.1 Å². The fourth-order valence-corrected chi connectivity index (χ4v) is 2.39. The lowest BCUT2D eigenvalue weighted by atomic mass is 9.97. The van der Waals surface area contributed by atoms with Gasteiger partial charge in [0.2, 0.25) is 0 Å². The van der Waals surface area contributed by atoms with Crippen LogP contribution in [0.5, 0.6) is 0 Å². The van der Waals surface area contributed by atoms with Crippen LogP contribution in [0.4, 0.5) is 0 Å². The molecule has 0 aromatic heterocycles. The van der Waals surface area contributed by atoms with E-state index in [1.807, 2.05) is 0 Å². The molecule has 2 fully saturated rings. The van der Waals surface area contributed by atoms with E-state index in [0.717, 1.165) is 12.1 Å². The van der Waals surface area contributed by atoms with Crippen LogP contribution in [0.1, 0.15) is 51.4 Å². The molecule has 0 aromatic rings. The van der Waals surface area contributed by atoms with Crippen LogP contribution < -0.4 is 10.9 Å². The molecule has 1 heterocycles. The first-order valence-corrected chi connectivity index (χ1v) is 5.46. The summed E-state index contributed by atoms with van der Waals surface area (Å²) in [7, 11) is 0. The van der Waals surface area contributed by atoms with Crippen LogP contribution in [0.25, 0.3) is 0 Å². The lowest BCUT2D eigenvalue weighted by molar-refractivity contribution is 0.472. The van der Waals surface area contributed by atoms with E-state index in [2.05, 4.69) is 10.9 Å². The molecule has 1 saturated heterocycles. The van der Waals surface area contributed by atoms with Crippen molar-refractivity contribution in [2.45, 2.75) is 63.5 Å². The van der Waals surface area contributed by atoms with Crippen molar-refractivity contribution >= 4 is 0 Å². The molecule has 2 aliphatic rings. The summed E-state index contributed by atoms with van der Waals surface area (Å²) in [4.78, 5) is 0. The van der Waals surface area contributed by atoms with Crippen LogP contribution >= 0.6 is 0 Å². The lowest BCUT2D eigenvalue weighted by Gasteiger charge is -2.11. The van der Waals surface area contributed by atoms with E-state index < -0.39 is 0 Å². The highest BCUT2D eigenvalue weighted by atomic mass is 15.4. The first-order valence-electron chi connectivity index (χ1n) is 5.46. The van der Waals surface area contributed by atoms with Gasteiger partial charge in [-0.25, -0.2) is 0 Å². The normalized spacial score (nSPS) is 38.0. The quantitative estimate of drug-likeness (QED) is 0.578. The topological polar surface area (TPSA) is 24.1 Å². The highest BCUT2D eigenvalue weighted by Gasteiger charge is 2.22. The Morgan fingerprint density at radius 1 is 0.667 bits per heavy atom. The molecule has 1 saturated carbocycles. The Balaban J connectivity index is 1.82. The van der Waals surface area contributed by atoms with Gasteiger partial charge in [-0.3, -0.25) is 10.9 Å². The largest absolute Gasteiger partial charge is 0.254 e. The molecule has 0 spiro atoms. The zero-order chi connectivity index (χ0) is 8.23. The van der Waals surface area contributed by atoms with Gasteiger partial charge >= 0.3 is 0 Å². The number of hydrogen-bond donors (Lipinski definition) is 2. The summed E-state index contributed by atoms with van der Waals surface area (Å²) < 4.78 is 0. The standard InChI is InChI=1S/C10H20N2/c1-2-4-6-9-8-10(12-11-9)7-5-3-1/h9-12H,1-8H2. The third-order valence-electron chi connectivity index (χ3n) is 3.17. The summed E-state index contributed by atoms with van der Waals surface area (Å²) in [5.74, 6) is 0. The molecule has 0 aromatic carbocycles. The fourth-order valence-electron chi connectivity index (χ4n) is 2.39. The van der Waals surface area contributed by atoms with Gasteiger partial charge in [-0.15, -0.1) is 0 Å². The minimum atomic E-state index is 0.771. The number of rotatable bonds is 0. The van der Waals surface area contributed by atoms with Gasteiger partial charge in [0.1, 0.15) is 0 Å². The van der Waals surface area contributed by atoms with Crippen LogP contribution in [0.3, 0.4) is 0 Å². The summed E-state index contributed by atoms with van der Waals surface area (Å²) in [6.45, 7) is 0. The van der Waals surface area contributed by atoms with Crippen LogP contribution in [-0.2, 0) is 0 Å². The van der Waals surface area contributed by atoms with Crippen molar-refractivity contribution in [1.82, 2.24) is 10.9 Å². The first kappa shape index (κ1) is 8.52. The molecule has 70 valence electrons. The maximum atomic E-state index is 3.40. The SMILES string of the molecule is C1CCCC2CC(CCC1)NN2. The summed E-state index contributed by atoms with van der Waals surface area (Å²) in [5, 5.41) is 0. The summed E-state index contributed by atoms with van der Waals surface area (Å²) >= 11 is 0. The van der Waals surface area contributed by atoms with Crippen LogP contribution in [0.15, 0.2) is 0 Å². The fraction of sp³-hybridized carbons (Fsp3) is 1.00. The van der Waals surface area contributed by atoms with Crippen LogP contribution in [0.2, 0.25) is 0 Å². The summed E-state index contributed by atoms with van der Waals surface area (Å²) in [6.07, 6.45) is 11.3. The van der Waals surface area contributed by atoms with E-state index in [1.165, 1.54) is 51.4 Å². The lowest BCUT2D eigenvalue weighted by Crippen LogP contribution is -2.33. The molecular formula is C10H20N2. The second-order valence-electron chi connectivity index (χ2n) is 4.26. The molecule has 0 amide bonds. The highest BCUT2D eigenvalue weighted by Crippen LogP contribution is 2.19. The van der Waals surface area contributed by atoms with Crippen molar-refractivity contribution in [3.63, 3.8) is 0 Å². The summed E-state index contributed by atoms with van der Waals surface area (Å²) in [6, 6.07) is 1.54. The molecule has 2 N–H and O–H groups in total. The van der Waals surface area contributed by atoms with Crippen molar-refractivity contribution in [1.29, 1.82) is 0 Å². The molecule has 1 aliphatic carbocycles. The number of nitrogens with one attached hydrogen (secondary N) is 2. The van der Waals surface area contributed by atoms with Crippen molar-refractivity contribution < 1.29 is 0 Å². The Kier molecular flexibility index (Phi) is 3.01. The minimum absolute atomic E-state index is 0.771.